The van der Waals surface area contributed by atoms with E-state index >= 15 is 0 Å². The maximum absolute atomic E-state index is 12.3. The Kier molecular flexibility index (Phi) is 6.94. The van der Waals surface area contributed by atoms with E-state index in [2.05, 4.69) is 32.3 Å². The Balaban J connectivity index is 1.49. The summed E-state index contributed by atoms with van der Waals surface area (Å²) in [5.41, 5.74) is 2.85. The van der Waals surface area contributed by atoms with Crippen LogP contribution in [0.25, 0.3) is 0 Å². The molecule has 1 heterocycles. The van der Waals surface area contributed by atoms with Gasteiger partial charge in [-0.15, -0.1) is 0 Å². The number of nitrogens with zero attached hydrogens (tertiary/aromatic N) is 3. The maximum atomic E-state index is 12.3. The van der Waals surface area contributed by atoms with Crippen LogP contribution in [0.1, 0.15) is 12.5 Å². The molecule has 0 bridgehead atoms. The van der Waals surface area contributed by atoms with Gasteiger partial charge in [0, 0.05) is 38.9 Å². The van der Waals surface area contributed by atoms with Gasteiger partial charge in [0.1, 0.15) is 5.75 Å². The Bertz CT molecular complexity index is 860. The summed E-state index contributed by atoms with van der Waals surface area (Å²) in [6.45, 7) is 5.30. The molecule has 29 heavy (non-hydrogen) atoms. The van der Waals surface area contributed by atoms with Crippen molar-refractivity contribution in [3.05, 3.63) is 54.1 Å². The highest BCUT2D eigenvalue weighted by Gasteiger charge is 2.21. The molecule has 1 fully saturated rings. The number of rotatable bonds is 5. The zero-order chi connectivity index (χ0) is 20.6. The van der Waals surface area contributed by atoms with Gasteiger partial charge in [-0.3, -0.25) is 9.79 Å². The summed E-state index contributed by atoms with van der Waals surface area (Å²) in [5.74, 6) is 0.902. The number of aliphatic imine (C=N–C) groups is 1. The lowest BCUT2D eigenvalue weighted by Crippen LogP contribution is -2.53. The van der Waals surface area contributed by atoms with Crippen LogP contribution in [0, 0.1) is 0 Å². The largest absolute Gasteiger partial charge is 0.506 e. The van der Waals surface area contributed by atoms with E-state index in [4.69, 9.17) is 0 Å². The van der Waals surface area contributed by atoms with Crippen LogP contribution in [-0.4, -0.2) is 61.6 Å². The number of carbonyl (C=O) groups is 1. The molecule has 1 aliphatic heterocycles. The second-order valence-corrected chi connectivity index (χ2v) is 6.97. The van der Waals surface area contributed by atoms with Crippen molar-refractivity contribution in [2.75, 3.05) is 50.0 Å². The molecule has 0 aromatic heterocycles. The van der Waals surface area contributed by atoms with Crippen molar-refractivity contribution in [1.82, 2.24) is 10.2 Å². The third-order valence-corrected chi connectivity index (χ3v) is 5.04. The number of aromatic hydroxyl groups is 1. The quantitative estimate of drug-likeness (QED) is 0.535. The van der Waals surface area contributed by atoms with E-state index in [9.17, 15) is 9.90 Å². The van der Waals surface area contributed by atoms with E-state index in [-0.39, 0.29) is 12.5 Å². The minimum absolute atomic E-state index is 0.104. The number of phenols is 1. The summed E-state index contributed by atoms with van der Waals surface area (Å²) in [4.78, 5) is 20.9. The first kappa shape index (κ1) is 20.5. The van der Waals surface area contributed by atoms with Gasteiger partial charge in [0.05, 0.1) is 12.2 Å². The van der Waals surface area contributed by atoms with Crippen LogP contribution < -0.4 is 15.5 Å². The fourth-order valence-corrected chi connectivity index (χ4v) is 3.46. The normalized spacial score (nSPS) is 14.6. The second kappa shape index (κ2) is 9.82. The number of guanidine groups is 1. The molecule has 2 aromatic carbocycles. The smallest absolute Gasteiger partial charge is 0.243 e. The topological polar surface area (TPSA) is 80.2 Å². The van der Waals surface area contributed by atoms with Crippen molar-refractivity contribution in [2.45, 2.75) is 13.3 Å². The Hall–Kier alpha value is -3.22. The zero-order valence-electron chi connectivity index (χ0n) is 17.1. The van der Waals surface area contributed by atoms with E-state index < -0.39 is 0 Å². The van der Waals surface area contributed by atoms with Gasteiger partial charge in [-0.25, -0.2) is 0 Å². The van der Waals surface area contributed by atoms with Gasteiger partial charge in [-0.2, -0.15) is 0 Å². The molecule has 1 aliphatic rings. The van der Waals surface area contributed by atoms with Crippen LogP contribution in [0.4, 0.5) is 11.4 Å². The van der Waals surface area contributed by atoms with Crippen LogP contribution in [-0.2, 0) is 11.2 Å². The van der Waals surface area contributed by atoms with Crippen molar-refractivity contribution in [3.63, 3.8) is 0 Å². The molecule has 0 spiro atoms. The van der Waals surface area contributed by atoms with Gasteiger partial charge >= 0.3 is 0 Å². The lowest BCUT2D eigenvalue weighted by Gasteiger charge is -2.37. The van der Waals surface area contributed by atoms with E-state index in [0.717, 1.165) is 44.0 Å². The molecule has 3 N–H and O–H groups in total. The lowest BCUT2D eigenvalue weighted by molar-refractivity contribution is -0.115. The van der Waals surface area contributed by atoms with Crippen LogP contribution in [0.5, 0.6) is 5.75 Å². The van der Waals surface area contributed by atoms with Gasteiger partial charge in [0.25, 0.3) is 0 Å². The van der Waals surface area contributed by atoms with Crippen LogP contribution >= 0.6 is 0 Å². The Morgan fingerprint density at radius 2 is 1.86 bits per heavy atom. The highest BCUT2D eigenvalue weighted by Crippen LogP contribution is 2.27. The van der Waals surface area contributed by atoms with Gasteiger partial charge in [0.15, 0.2) is 5.96 Å². The fraction of sp³-hybridized carbons (Fsp3) is 0.364. The molecule has 3 rings (SSSR count). The van der Waals surface area contributed by atoms with Crippen molar-refractivity contribution in [2.24, 2.45) is 4.99 Å². The molecule has 0 unspecified atom stereocenters. The highest BCUT2D eigenvalue weighted by molar-refractivity contribution is 5.95. The predicted molar refractivity (Wildman–Crippen MR) is 118 cm³/mol. The fourth-order valence-electron chi connectivity index (χ4n) is 3.46. The van der Waals surface area contributed by atoms with Gasteiger partial charge < -0.3 is 25.5 Å². The SMILES string of the molecule is CCc1cccc(NC(=O)CNC(=NC)N2CCN(c3ccccc3O)CC2)c1. The number of aryl methyl sites for hydroxylation is 1. The highest BCUT2D eigenvalue weighted by atomic mass is 16.3. The van der Waals surface area contributed by atoms with Crippen molar-refractivity contribution in [1.29, 1.82) is 0 Å². The molecule has 154 valence electrons. The first-order chi connectivity index (χ1) is 14.1. The average molecular weight is 396 g/mol. The predicted octanol–water partition coefficient (Wildman–Crippen LogP) is 2.29. The Morgan fingerprint density at radius 1 is 1.10 bits per heavy atom. The number of benzene rings is 2. The number of para-hydroxylation sites is 2. The van der Waals surface area contributed by atoms with E-state index in [0.29, 0.717) is 11.7 Å². The standard InChI is InChI=1S/C22H29N5O2/c1-3-17-7-6-8-18(15-17)25-21(29)16-24-22(23-2)27-13-11-26(12-14-27)19-9-4-5-10-20(19)28/h4-10,15,28H,3,11-14,16H2,1-2H3,(H,23,24)(H,25,29). The molecule has 7 heteroatoms. The molecular weight excluding hydrogens is 366 g/mol. The van der Waals surface area contributed by atoms with Gasteiger partial charge in [-0.1, -0.05) is 31.2 Å². The van der Waals surface area contributed by atoms with Gasteiger partial charge in [-0.05, 0) is 36.2 Å². The number of carbonyl (C=O) groups excluding carboxylic acids is 1. The van der Waals surface area contributed by atoms with Gasteiger partial charge in [0.2, 0.25) is 5.91 Å². The molecule has 2 aromatic rings. The van der Waals surface area contributed by atoms with Crippen LogP contribution in [0.3, 0.4) is 0 Å². The Labute approximate surface area is 172 Å². The molecule has 1 saturated heterocycles. The number of hydrogen-bond acceptors (Lipinski definition) is 4. The molecule has 0 aliphatic carbocycles. The number of amides is 1. The summed E-state index contributed by atoms with van der Waals surface area (Å²) < 4.78 is 0. The maximum Gasteiger partial charge on any atom is 0.243 e. The first-order valence-electron chi connectivity index (χ1n) is 9.98. The summed E-state index contributed by atoms with van der Waals surface area (Å²) in [5, 5.41) is 16.1. The number of piperazine rings is 1. The average Bonchev–Trinajstić information content (AvgIpc) is 2.75. The molecular formula is C22H29N5O2. The molecule has 0 saturated carbocycles. The third-order valence-electron chi connectivity index (χ3n) is 5.04. The third kappa shape index (κ3) is 5.40. The second-order valence-electron chi connectivity index (χ2n) is 6.97. The lowest BCUT2D eigenvalue weighted by atomic mass is 10.1. The van der Waals surface area contributed by atoms with Crippen molar-refractivity contribution >= 4 is 23.2 Å². The number of hydrogen-bond donors (Lipinski definition) is 3. The van der Waals surface area contributed by atoms with E-state index in [1.807, 2.05) is 42.5 Å². The molecule has 0 atom stereocenters. The number of nitrogens with one attached hydrogen (secondary N) is 2. The number of anilines is 2. The summed E-state index contributed by atoms with van der Waals surface area (Å²) in [6.07, 6.45) is 0.932. The minimum atomic E-state index is -0.104. The summed E-state index contributed by atoms with van der Waals surface area (Å²) in [7, 11) is 1.72. The monoisotopic (exact) mass is 395 g/mol. The molecule has 7 nitrogen and oxygen atoms in total. The van der Waals surface area contributed by atoms with E-state index in [1.54, 1.807) is 13.1 Å². The van der Waals surface area contributed by atoms with Crippen molar-refractivity contribution < 1.29 is 9.90 Å². The minimum Gasteiger partial charge on any atom is -0.506 e. The first-order valence-corrected chi connectivity index (χ1v) is 9.98. The van der Waals surface area contributed by atoms with E-state index in [1.165, 1.54) is 5.56 Å². The molecule has 1 amide bonds. The van der Waals surface area contributed by atoms with Crippen LogP contribution in [0.15, 0.2) is 53.5 Å². The zero-order valence-corrected chi connectivity index (χ0v) is 17.1. The van der Waals surface area contributed by atoms with Crippen LogP contribution in [0.2, 0.25) is 0 Å². The molecule has 0 radical (unpaired) electrons. The Morgan fingerprint density at radius 3 is 2.55 bits per heavy atom. The summed E-state index contributed by atoms with van der Waals surface area (Å²) >= 11 is 0. The van der Waals surface area contributed by atoms with Crippen molar-refractivity contribution in [3.8, 4) is 5.75 Å². The number of phenolic OH excluding ortho intramolecular Hbond substituents is 1. The summed E-state index contributed by atoms with van der Waals surface area (Å²) in [6, 6.07) is 15.3.